The number of carbonyl (C=O) groups excluding carboxylic acids is 1. The van der Waals surface area contributed by atoms with Gasteiger partial charge in [0.1, 0.15) is 17.9 Å². The van der Waals surface area contributed by atoms with Crippen LogP contribution < -0.4 is 0 Å². The van der Waals surface area contributed by atoms with E-state index in [1.54, 1.807) is 25.2 Å². The molecule has 0 aromatic carbocycles. The number of alkyl halides is 2. The van der Waals surface area contributed by atoms with E-state index in [0.717, 1.165) is 44.9 Å². The molecular weight excluding hydrogens is 534 g/mol. The van der Waals surface area contributed by atoms with Crippen LogP contribution in [0.15, 0.2) is 24.3 Å². The fraction of sp³-hybridized carbons (Fsp3) is 0.844. The van der Waals surface area contributed by atoms with Gasteiger partial charge in [0.15, 0.2) is 12.6 Å². The number of carbonyl (C=O) groups is 1. The summed E-state index contributed by atoms with van der Waals surface area (Å²) in [6.07, 6.45) is 10.9. The summed E-state index contributed by atoms with van der Waals surface area (Å²) in [6.45, 7) is 4.78. The van der Waals surface area contributed by atoms with E-state index in [4.69, 9.17) is 18.9 Å². The predicted octanol–water partition coefficient (Wildman–Crippen LogP) is 6.52. The average Bonchev–Trinajstić information content (AvgIpc) is 3.28. The first-order valence-corrected chi connectivity index (χ1v) is 15.7. The quantitative estimate of drug-likeness (QED) is 0.125. The van der Waals surface area contributed by atoms with Crippen LogP contribution in [0.4, 0.5) is 8.78 Å². The molecule has 2 saturated heterocycles. The summed E-state index contributed by atoms with van der Waals surface area (Å²) in [5.74, 6) is -1.58. The van der Waals surface area contributed by atoms with E-state index in [1.807, 2.05) is 6.92 Å². The predicted molar refractivity (Wildman–Crippen MR) is 153 cm³/mol. The first kappa shape index (κ1) is 34.1. The third-order valence-corrected chi connectivity index (χ3v) is 8.48. The first-order valence-electron chi connectivity index (χ1n) is 15.7. The smallest absolute Gasteiger partial charge is 0.305 e. The van der Waals surface area contributed by atoms with Gasteiger partial charge in [-0.05, 0) is 64.7 Å². The minimum absolute atomic E-state index is 0.260. The molecule has 3 aliphatic rings. The Morgan fingerprint density at radius 3 is 2.44 bits per heavy atom. The van der Waals surface area contributed by atoms with E-state index in [-0.39, 0.29) is 18.8 Å². The van der Waals surface area contributed by atoms with Crippen molar-refractivity contribution in [2.75, 3.05) is 20.3 Å². The molecule has 0 amide bonds. The number of aliphatic hydroxyl groups excluding tert-OH is 1. The maximum atomic E-state index is 16.0. The zero-order valence-corrected chi connectivity index (χ0v) is 25.2. The molecule has 2 aliphatic heterocycles. The van der Waals surface area contributed by atoms with Crippen molar-refractivity contribution in [1.82, 2.24) is 0 Å². The summed E-state index contributed by atoms with van der Waals surface area (Å²) >= 11 is 0. The monoisotopic (exact) mass is 586 g/mol. The highest BCUT2D eigenvalue weighted by Gasteiger charge is 2.47. The molecule has 3 rings (SSSR count). The summed E-state index contributed by atoms with van der Waals surface area (Å²) in [5.41, 5.74) is -1.64. The third kappa shape index (κ3) is 11.0. The van der Waals surface area contributed by atoms with Gasteiger partial charge in [-0.1, -0.05) is 44.1 Å². The Labute approximate surface area is 245 Å². The Morgan fingerprint density at radius 1 is 1.10 bits per heavy atom. The summed E-state index contributed by atoms with van der Waals surface area (Å²) in [4.78, 5) is 11.4. The van der Waals surface area contributed by atoms with Gasteiger partial charge in [0.2, 0.25) is 0 Å². The zero-order valence-electron chi connectivity index (χ0n) is 25.2. The van der Waals surface area contributed by atoms with Crippen LogP contribution in [0.25, 0.3) is 0 Å². The van der Waals surface area contributed by atoms with Gasteiger partial charge >= 0.3 is 5.97 Å². The summed E-state index contributed by atoms with van der Waals surface area (Å²) in [6, 6.07) is 0. The lowest BCUT2D eigenvalue weighted by atomic mass is 9.86. The molecule has 1 aliphatic carbocycles. The van der Waals surface area contributed by atoms with E-state index < -0.39 is 54.6 Å². The van der Waals surface area contributed by atoms with Crippen molar-refractivity contribution in [3.8, 4) is 0 Å². The van der Waals surface area contributed by atoms with Crippen molar-refractivity contribution in [2.24, 2.45) is 11.8 Å². The van der Waals surface area contributed by atoms with Gasteiger partial charge in [-0.15, -0.1) is 0 Å². The standard InChI is InChI=1S/C32H52F2O7/c1-4-5-19-32(2,34)27(41-30-16-10-12-21-39-30)18-17-23-26(40-29-15-9-11-20-38-29)22-25(35)31(23)24(33)13-7-6-8-14-28(36)37-3/h7,13,17-18,23-27,29-31,35H,4-6,8-12,14-16,19-22H2,1-3H3/t23-,24-,25-,26+,27+,29?,30?,31-,32?/m0/s1. The molecule has 1 saturated carbocycles. The second kappa shape index (κ2) is 17.7. The molecule has 0 radical (unpaired) electrons. The van der Waals surface area contributed by atoms with Gasteiger partial charge in [0.05, 0.1) is 19.3 Å². The van der Waals surface area contributed by atoms with E-state index in [0.29, 0.717) is 38.9 Å². The van der Waals surface area contributed by atoms with Gasteiger partial charge < -0.3 is 28.8 Å². The molecule has 3 fully saturated rings. The highest BCUT2D eigenvalue weighted by Crippen LogP contribution is 2.41. The maximum absolute atomic E-state index is 16.0. The largest absolute Gasteiger partial charge is 0.469 e. The van der Waals surface area contributed by atoms with Crippen molar-refractivity contribution in [1.29, 1.82) is 0 Å². The molecule has 236 valence electrons. The Kier molecular flexibility index (Phi) is 14.7. The summed E-state index contributed by atoms with van der Waals surface area (Å²) in [7, 11) is 1.34. The summed E-state index contributed by atoms with van der Waals surface area (Å²) < 4.78 is 60.5. The maximum Gasteiger partial charge on any atom is 0.305 e. The number of halogens is 2. The third-order valence-electron chi connectivity index (χ3n) is 8.48. The van der Waals surface area contributed by atoms with Crippen LogP contribution in [0.3, 0.4) is 0 Å². The molecule has 2 heterocycles. The number of allylic oxidation sites excluding steroid dienone is 2. The Morgan fingerprint density at radius 2 is 1.80 bits per heavy atom. The van der Waals surface area contributed by atoms with E-state index in [1.165, 1.54) is 13.2 Å². The second-order valence-corrected chi connectivity index (χ2v) is 11.9. The Bertz CT molecular complexity index is 808. The fourth-order valence-electron chi connectivity index (χ4n) is 5.98. The van der Waals surface area contributed by atoms with Gasteiger partial charge in [-0.2, -0.15) is 0 Å². The van der Waals surface area contributed by atoms with Crippen LogP contribution in [0.2, 0.25) is 0 Å². The van der Waals surface area contributed by atoms with Crippen molar-refractivity contribution in [3.05, 3.63) is 24.3 Å². The van der Waals surface area contributed by atoms with Crippen LogP contribution in [0.5, 0.6) is 0 Å². The molecule has 0 bridgehead atoms. The lowest BCUT2D eigenvalue weighted by Gasteiger charge is -2.34. The summed E-state index contributed by atoms with van der Waals surface area (Å²) in [5, 5.41) is 11.0. The normalized spacial score (nSPS) is 32.2. The fourth-order valence-corrected chi connectivity index (χ4v) is 5.98. The van der Waals surface area contributed by atoms with Gasteiger partial charge in [0, 0.05) is 37.9 Å². The minimum Gasteiger partial charge on any atom is -0.469 e. The molecule has 9 atom stereocenters. The molecule has 0 aromatic heterocycles. The SMILES string of the molecule is CCCCC(C)(F)[C@@H](C=C[C@@H]1[C@@H]([C@@H](F)C=CCCCC(=O)OC)[C@@H](O)C[C@H]1OC1CCCCO1)OC1CCCCO1. The molecule has 9 heteroatoms. The van der Waals surface area contributed by atoms with Crippen molar-refractivity contribution in [2.45, 2.75) is 140 Å². The van der Waals surface area contributed by atoms with E-state index >= 15 is 8.78 Å². The number of ether oxygens (including phenoxy) is 5. The topological polar surface area (TPSA) is 83.5 Å². The van der Waals surface area contributed by atoms with E-state index in [2.05, 4.69) is 4.74 Å². The van der Waals surface area contributed by atoms with Crippen LogP contribution in [0.1, 0.15) is 97.3 Å². The average molecular weight is 587 g/mol. The number of esters is 1. The zero-order chi connectivity index (χ0) is 29.7. The van der Waals surface area contributed by atoms with Crippen molar-refractivity contribution < 1.29 is 42.4 Å². The number of aliphatic hydroxyl groups is 1. The molecular formula is C32H52F2O7. The Balaban J connectivity index is 1.79. The molecule has 0 aromatic rings. The van der Waals surface area contributed by atoms with Crippen LogP contribution >= 0.6 is 0 Å². The Hall–Kier alpha value is -1.39. The van der Waals surface area contributed by atoms with Crippen molar-refractivity contribution >= 4 is 5.97 Å². The molecule has 7 nitrogen and oxygen atoms in total. The number of methoxy groups -OCH3 is 1. The molecule has 3 unspecified atom stereocenters. The highest BCUT2D eigenvalue weighted by molar-refractivity contribution is 5.69. The van der Waals surface area contributed by atoms with Gasteiger partial charge in [0.25, 0.3) is 0 Å². The highest BCUT2D eigenvalue weighted by atomic mass is 19.1. The van der Waals surface area contributed by atoms with Crippen LogP contribution in [0, 0.1) is 11.8 Å². The lowest BCUT2D eigenvalue weighted by Crippen LogP contribution is -2.40. The number of rotatable bonds is 16. The van der Waals surface area contributed by atoms with E-state index in [9.17, 15) is 9.90 Å². The second-order valence-electron chi connectivity index (χ2n) is 11.9. The molecule has 41 heavy (non-hydrogen) atoms. The minimum atomic E-state index is -1.64. The van der Waals surface area contributed by atoms with Gasteiger partial charge in [-0.25, -0.2) is 8.78 Å². The molecule has 1 N–H and O–H groups in total. The van der Waals surface area contributed by atoms with Crippen molar-refractivity contribution in [3.63, 3.8) is 0 Å². The first-order chi connectivity index (χ1) is 19.7. The lowest BCUT2D eigenvalue weighted by molar-refractivity contribution is -0.202. The number of unbranched alkanes of at least 4 members (excludes halogenated alkanes) is 2. The van der Waals surface area contributed by atoms with Crippen LogP contribution in [-0.2, 0) is 28.5 Å². The number of hydrogen-bond donors (Lipinski definition) is 1. The van der Waals surface area contributed by atoms with Gasteiger partial charge in [-0.3, -0.25) is 4.79 Å². The molecule has 0 spiro atoms. The van der Waals surface area contributed by atoms with Crippen LogP contribution in [-0.4, -0.2) is 74.1 Å². The number of hydrogen-bond acceptors (Lipinski definition) is 7.